The fourth-order valence-electron chi connectivity index (χ4n) is 1.45. The highest BCUT2D eigenvalue weighted by Gasteiger charge is 1.96. The summed E-state index contributed by atoms with van der Waals surface area (Å²) in [6.45, 7) is 1.64. The molecule has 0 aliphatic carbocycles. The van der Waals surface area contributed by atoms with Gasteiger partial charge < -0.3 is 14.7 Å². The lowest BCUT2D eigenvalue weighted by atomic mass is 10.2. The highest BCUT2D eigenvalue weighted by molar-refractivity contribution is 5.85. The third kappa shape index (κ3) is 6.06. The van der Waals surface area contributed by atoms with E-state index in [0.29, 0.717) is 6.61 Å². The summed E-state index contributed by atoms with van der Waals surface area (Å²) in [5.74, 6) is -0.186. The first-order chi connectivity index (χ1) is 8.58. The molecule has 1 N–H and O–H groups in total. The van der Waals surface area contributed by atoms with Crippen molar-refractivity contribution in [3.05, 3.63) is 35.9 Å². The van der Waals surface area contributed by atoms with Gasteiger partial charge in [-0.3, -0.25) is 0 Å². The molecule has 1 aromatic carbocycles. The quantitative estimate of drug-likeness (QED) is 0.594. The van der Waals surface area contributed by atoms with Crippen molar-refractivity contribution in [3.8, 4) is 5.75 Å². The molecule has 0 aromatic heterocycles. The Kier molecular flexibility index (Phi) is 5.94. The number of hydrogen-bond acceptors (Lipinski definition) is 3. The first-order valence-corrected chi connectivity index (χ1v) is 5.86. The Morgan fingerprint density at radius 3 is 2.89 bits per heavy atom. The van der Waals surface area contributed by atoms with Gasteiger partial charge in [-0.15, -0.1) is 0 Å². The van der Waals surface area contributed by atoms with Crippen LogP contribution in [0, 0.1) is 0 Å². The number of rotatable bonds is 7. The van der Waals surface area contributed by atoms with Crippen LogP contribution in [0.25, 0.3) is 6.08 Å². The fourth-order valence-corrected chi connectivity index (χ4v) is 1.45. The molecule has 0 radical (unpaired) electrons. The van der Waals surface area contributed by atoms with Crippen LogP contribution >= 0.6 is 0 Å². The first-order valence-electron chi connectivity index (χ1n) is 5.86. The van der Waals surface area contributed by atoms with Crippen LogP contribution in [0.4, 0.5) is 0 Å². The number of hydrogen-bond donors (Lipinski definition) is 1. The maximum atomic E-state index is 10.4. The number of carbonyl (C=O) groups is 1. The smallest absolute Gasteiger partial charge is 0.328 e. The lowest BCUT2D eigenvalue weighted by molar-refractivity contribution is -0.131. The standard InChI is InChI=1S/C14H19NO3/c1-15(2)9-4-10-18-13-6-3-5-12(11-13)7-8-14(16)17/h3,5-8,11H,4,9-10H2,1-2H3,(H,16,17). The van der Waals surface area contributed by atoms with Crippen LogP contribution in [0.1, 0.15) is 12.0 Å². The molecule has 0 spiro atoms. The highest BCUT2D eigenvalue weighted by Crippen LogP contribution is 2.14. The van der Waals surface area contributed by atoms with Crippen molar-refractivity contribution in [1.29, 1.82) is 0 Å². The summed E-state index contributed by atoms with van der Waals surface area (Å²) in [7, 11) is 4.05. The Hall–Kier alpha value is -1.81. The molecule has 0 aliphatic rings. The Balaban J connectivity index is 2.47. The molecule has 0 fully saturated rings. The molecule has 4 nitrogen and oxygen atoms in total. The SMILES string of the molecule is CN(C)CCCOc1cccc(C=CC(=O)O)c1. The minimum atomic E-state index is -0.952. The molecule has 4 heteroatoms. The van der Waals surface area contributed by atoms with E-state index >= 15 is 0 Å². The molecule has 0 heterocycles. The van der Waals surface area contributed by atoms with Gasteiger partial charge in [-0.1, -0.05) is 12.1 Å². The Morgan fingerprint density at radius 1 is 1.44 bits per heavy atom. The normalized spacial score (nSPS) is 11.1. The number of carboxylic acids is 1. The van der Waals surface area contributed by atoms with Crippen LogP contribution < -0.4 is 4.74 Å². The van der Waals surface area contributed by atoms with Crippen LogP contribution in [-0.4, -0.2) is 43.2 Å². The van der Waals surface area contributed by atoms with E-state index < -0.39 is 5.97 Å². The first kappa shape index (κ1) is 14.3. The van der Waals surface area contributed by atoms with E-state index in [1.165, 1.54) is 0 Å². The molecule has 0 atom stereocenters. The summed E-state index contributed by atoms with van der Waals surface area (Å²) in [4.78, 5) is 12.5. The van der Waals surface area contributed by atoms with Gasteiger partial charge in [0.05, 0.1) is 6.61 Å². The molecule has 0 aliphatic heterocycles. The number of carboxylic acid groups (broad SMARTS) is 1. The lowest BCUT2D eigenvalue weighted by Gasteiger charge is -2.10. The summed E-state index contributed by atoms with van der Waals surface area (Å²) in [6.07, 6.45) is 3.63. The zero-order chi connectivity index (χ0) is 13.4. The molecule has 1 rings (SSSR count). The zero-order valence-corrected chi connectivity index (χ0v) is 10.8. The molecular formula is C14H19NO3. The summed E-state index contributed by atoms with van der Waals surface area (Å²) < 4.78 is 5.60. The van der Waals surface area contributed by atoms with E-state index in [-0.39, 0.29) is 0 Å². The van der Waals surface area contributed by atoms with Crippen molar-refractivity contribution in [1.82, 2.24) is 4.90 Å². The van der Waals surface area contributed by atoms with Gasteiger partial charge in [0.2, 0.25) is 0 Å². The van der Waals surface area contributed by atoms with Crippen LogP contribution in [0.15, 0.2) is 30.3 Å². The van der Waals surface area contributed by atoms with E-state index in [9.17, 15) is 4.79 Å². The third-order valence-corrected chi connectivity index (χ3v) is 2.29. The molecule has 98 valence electrons. The Morgan fingerprint density at radius 2 is 2.22 bits per heavy atom. The van der Waals surface area contributed by atoms with Gasteiger partial charge in [-0.2, -0.15) is 0 Å². The second-order valence-electron chi connectivity index (χ2n) is 4.25. The Bertz CT molecular complexity index is 413. The number of ether oxygens (including phenoxy) is 1. The number of nitrogens with zero attached hydrogens (tertiary/aromatic N) is 1. The topological polar surface area (TPSA) is 49.8 Å². The second-order valence-corrected chi connectivity index (χ2v) is 4.25. The molecule has 18 heavy (non-hydrogen) atoms. The van der Waals surface area contributed by atoms with Crippen LogP contribution in [0.3, 0.4) is 0 Å². The van der Waals surface area contributed by atoms with Crippen molar-refractivity contribution < 1.29 is 14.6 Å². The van der Waals surface area contributed by atoms with Crippen molar-refractivity contribution in [2.45, 2.75) is 6.42 Å². The third-order valence-electron chi connectivity index (χ3n) is 2.29. The average molecular weight is 249 g/mol. The molecule has 0 saturated heterocycles. The van der Waals surface area contributed by atoms with Crippen molar-refractivity contribution in [3.63, 3.8) is 0 Å². The van der Waals surface area contributed by atoms with E-state index in [1.807, 2.05) is 38.4 Å². The highest BCUT2D eigenvalue weighted by atomic mass is 16.5. The Labute approximate surface area is 107 Å². The average Bonchev–Trinajstić information content (AvgIpc) is 2.32. The molecule has 0 amide bonds. The zero-order valence-electron chi connectivity index (χ0n) is 10.8. The van der Waals surface area contributed by atoms with Gasteiger partial charge in [0, 0.05) is 12.6 Å². The molecule has 0 unspecified atom stereocenters. The fraction of sp³-hybridized carbons (Fsp3) is 0.357. The lowest BCUT2D eigenvalue weighted by Crippen LogP contribution is -2.15. The van der Waals surface area contributed by atoms with E-state index in [1.54, 1.807) is 6.08 Å². The minimum Gasteiger partial charge on any atom is -0.494 e. The van der Waals surface area contributed by atoms with E-state index in [0.717, 1.165) is 30.4 Å². The number of benzene rings is 1. The van der Waals surface area contributed by atoms with Crippen molar-refractivity contribution in [2.75, 3.05) is 27.2 Å². The largest absolute Gasteiger partial charge is 0.494 e. The predicted octanol–water partition coefficient (Wildman–Crippen LogP) is 2.11. The van der Waals surface area contributed by atoms with E-state index in [2.05, 4.69) is 4.90 Å². The molecular weight excluding hydrogens is 230 g/mol. The second kappa shape index (κ2) is 7.50. The molecule has 1 aromatic rings. The summed E-state index contributed by atoms with van der Waals surface area (Å²) in [6, 6.07) is 7.39. The van der Waals surface area contributed by atoms with Gasteiger partial charge in [-0.25, -0.2) is 4.79 Å². The van der Waals surface area contributed by atoms with Crippen molar-refractivity contribution in [2.24, 2.45) is 0 Å². The van der Waals surface area contributed by atoms with Gasteiger partial charge in [0.1, 0.15) is 5.75 Å². The summed E-state index contributed by atoms with van der Waals surface area (Å²) >= 11 is 0. The van der Waals surface area contributed by atoms with Crippen molar-refractivity contribution >= 4 is 12.0 Å². The number of aliphatic carboxylic acids is 1. The molecule has 0 bridgehead atoms. The van der Waals surface area contributed by atoms with E-state index in [4.69, 9.17) is 9.84 Å². The van der Waals surface area contributed by atoms with Crippen LogP contribution in [0.2, 0.25) is 0 Å². The van der Waals surface area contributed by atoms with Gasteiger partial charge >= 0.3 is 5.97 Å². The maximum Gasteiger partial charge on any atom is 0.328 e. The maximum absolute atomic E-state index is 10.4. The summed E-state index contributed by atoms with van der Waals surface area (Å²) in [5, 5.41) is 8.55. The van der Waals surface area contributed by atoms with Gasteiger partial charge in [0.15, 0.2) is 0 Å². The minimum absolute atomic E-state index is 0.657. The monoisotopic (exact) mass is 249 g/mol. The summed E-state index contributed by atoms with van der Waals surface area (Å²) in [5.41, 5.74) is 0.822. The molecule has 0 saturated carbocycles. The van der Waals surface area contributed by atoms with Crippen LogP contribution in [0.5, 0.6) is 5.75 Å². The van der Waals surface area contributed by atoms with Crippen LogP contribution in [-0.2, 0) is 4.79 Å². The predicted molar refractivity (Wildman–Crippen MR) is 71.8 cm³/mol. The van der Waals surface area contributed by atoms with Gasteiger partial charge in [-0.05, 0) is 44.3 Å². The van der Waals surface area contributed by atoms with Gasteiger partial charge in [0.25, 0.3) is 0 Å².